The molecule has 4 rings (SSSR count). The summed E-state index contributed by atoms with van der Waals surface area (Å²) in [7, 11) is 0. The molecule has 0 amide bonds. The summed E-state index contributed by atoms with van der Waals surface area (Å²) in [5.74, 6) is 0.559. The first-order valence-electron chi connectivity index (χ1n) is 7.75. The molecule has 2 aliphatic heterocycles. The topological polar surface area (TPSA) is 41.2 Å². The van der Waals surface area contributed by atoms with E-state index in [-0.39, 0.29) is 0 Å². The van der Waals surface area contributed by atoms with Crippen molar-refractivity contribution in [2.45, 2.75) is 31.2 Å². The number of hydrogen-bond donors (Lipinski definition) is 1. The zero-order valence-electron chi connectivity index (χ0n) is 12.0. The predicted molar refractivity (Wildman–Crippen MR) is 83.9 cm³/mol. The van der Waals surface area contributed by atoms with E-state index >= 15 is 0 Å². The van der Waals surface area contributed by atoms with Crippen LogP contribution in [-0.2, 0) is 4.74 Å². The molecule has 2 aliphatic rings. The molecule has 4 nitrogen and oxygen atoms in total. The molecule has 2 fully saturated rings. The minimum absolute atomic E-state index is 0.559. The number of piperidine rings is 1. The maximum atomic E-state index is 6.48. The van der Waals surface area contributed by atoms with Crippen LogP contribution in [0.15, 0.2) is 18.3 Å². The van der Waals surface area contributed by atoms with E-state index in [1.54, 1.807) is 0 Å². The van der Waals surface area contributed by atoms with Gasteiger partial charge in [0.15, 0.2) is 0 Å². The summed E-state index contributed by atoms with van der Waals surface area (Å²) in [6.07, 6.45) is 5.37. The van der Waals surface area contributed by atoms with Gasteiger partial charge in [-0.15, -0.1) is 0 Å². The third kappa shape index (κ3) is 2.56. The molecule has 1 N–H and O–H groups in total. The van der Waals surface area contributed by atoms with E-state index in [1.807, 2.05) is 12.3 Å². The van der Waals surface area contributed by atoms with E-state index in [9.17, 15) is 0 Å². The Morgan fingerprint density at radius 1 is 1.24 bits per heavy atom. The van der Waals surface area contributed by atoms with Crippen LogP contribution in [-0.4, -0.2) is 47.4 Å². The number of aromatic amines is 1. The minimum Gasteiger partial charge on any atom is -0.380 e. The van der Waals surface area contributed by atoms with Crippen molar-refractivity contribution in [3.8, 4) is 0 Å². The van der Waals surface area contributed by atoms with Crippen LogP contribution in [0.4, 0.5) is 0 Å². The second kappa shape index (κ2) is 5.59. The number of H-pyrrole nitrogens is 1. The van der Waals surface area contributed by atoms with Gasteiger partial charge in [0.1, 0.15) is 0 Å². The summed E-state index contributed by atoms with van der Waals surface area (Å²) in [5, 5.41) is 9.10. The first kappa shape index (κ1) is 13.6. The lowest BCUT2D eigenvalue weighted by atomic mass is 9.88. The lowest BCUT2D eigenvalue weighted by Crippen LogP contribution is -2.41. The summed E-state index contributed by atoms with van der Waals surface area (Å²) >= 11 is 6.48. The molecule has 5 heteroatoms. The maximum Gasteiger partial charge on any atom is 0.0654 e. The Hall–Kier alpha value is -1.10. The summed E-state index contributed by atoms with van der Waals surface area (Å²) in [6.45, 7) is 4.13. The maximum absolute atomic E-state index is 6.48. The van der Waals surface area contributed by atoms with Crippen LogP contribution in [0, 0.1) is 0 Å². The molecule has 0 bridgehead atoms. The SMILES string of the molecule is Clc1cc2cn[nH]c2cc1C1CCN([C@@H]2CCOC2)CC1. The van der Waals surface area contributed by atoms with Crippen LogP contribution >= 0.6 is 11.6 Å². The Morgan fingerprint density at radius 3 is 2.86 bits per heavy atom. The lowest BCUT2D eigenvalue weighted by molar-refractivity contribution is 0.122. The number of nitrogens with one attached hydrogen (secondary N) is 1. The number of rotatable bonds is 2. The van der Waals surface area contributed by atoms with Crippen LogP contribution in [0.3, 0.4) is 0 Å². The molecule has 0 unspecified atom stereocenters. The number of likely N-dealkylation sites (tertiary alicyclic amines) is 1. The van der Waals surface area contributed by atoms with Gasteiger partial charge in [-0.25, -0.2) is 0 Å². The molecule has 0 aliphatic carbocycles. The zero-order valence-corrected chi connectivity index (χ0v) is 12.8. The molecule has 2 aromatic rings. The van der Waals surface area contributed by atoms with Crippen molar-refractivity contribution in [1.29, 1.82) is 0 Å². The largest absolute Gasteiger partial charge is 0.380 e. The second-order valence-electron chi connectivity index (χ2n) is 6.16. The van der Waals surface area contributed by atoms with Crippen LogP contribution in [0.25, 0.3) is 10.9 Å². The molecule has 21 heavy (non-hydrogen) atoms. The minimum atomic E-state index is 0.559. The van der Waals surface area contributed by atoms with Gasteiger partial charge < -0.3 is 4.74 Å². The highest BCUT2D eigenvalue weighted by atomic mass is 35.5. The second-order valence-corrected chi connectivity index (χ2v) is 6.57. The van der Waals surface area contributed by atoms with E-state index in [1.165, 1.54) is 24.8 Å². The number of aromatic nitrogens is 2. The molecule has 1 atom stereocenters. The lowest BCUT2D eigenvalue weighted by Gasteiger charge is -2.35. The predicted octanol–water partition coefficient (Wildman–Crippen LogP) is 3.18. The molecule has 0 saturated carbocycles. The van der Waals surface area contributed by atoms with E-state index in [4.69, 9.17) is 16.3 Å². The summed E-state index contributed by atoms with van der Waals surface area (Å²) in [4.78, 5) is 2.59. The van der Waals surface area contributed by atoms with E-state index in [2.05, 4.69) is 21.2 Å². The van der Waals surface area contributed by atoms with E-state index in [0.29, 0.717) is 12.0 Å². The fourth-order valence-corrected chi connectivity index (χ4v) is 4.01. The van der Waals surface area contributed by atoms with Crippen LogP contribution in [0.1, 0.15) is 30.7 Å². The average Bonchev–Trinajstić information content (AvgIpc) is 3.17. The summed E-state index contributed by atoms with van der Waals surface area (Å²) in [6, 6.07) is 4.85. The summed E-state index contributed by atoms with van der Waals surface area (Å²) in [5.41, 5.74) is 2.36. The van der Waals surface area contributed by atoms with Gasteiger partial charge >= 0.3 is 0 Å². The van der Waals surface area contributed by atoms with Crippen LogP contribution in [0.2, 0.25) is 5.02 Å². The third-order valence-corrected chi connectivity index (χ3v) is 5.28. The number of nitrogens with zero attached hydrogens (tertiary/aromatic N) is 2. The normalized spacial score (nSPS) is 24.9. The summed E-state index contributed by atoms with van der Waals surface area (Å²) < 4.78 is 5.51. The fourth-order valence-electron chi connectivity index (χ4n) is 3.68. The number of ether oxygens (including phenoxy) is 1. The number of halogens is 1. The molecule has 1 aromatic heterocycles. The van der Waals surface area contributed by atoms with Gasteiger partial charge in [-0.05, 0) is 56.0 Å². The van der Waals surface area contributed by atoms with Gasteiger partial charge in [0, 0.05) is 23.1 Å². The Bertz CT molecular complexity index is 627. The van der Waals surface area contributed by atoms with E-state index < -0.39 is 0 Å². The molecule has 1 aromatic carbocycles. The first-order valence-corrected chi connectivity index (χ1v) is 8.13. The van der Waals surface area contributed by atoms with Crippen molar-refractivity contribution in [3.05, 3.63) is 28.9 Å². The highest BCUT2D eigenvalue weighted by Gasteiger charge is 2.29. The van der Waals surface area contributed by atoms with Crippen LogP contribution < -0.4 is 0 Å². The first-order chi connectivity index (χ1) is 10.3. The molecule has 112 valence electrons. The Labute approximate surface area is 129 Å². The van der Waals surface area contributed by atoms with Gasteiger partial charge in [0.05, 0.1) is 18.3 Å². The van der Waals surface area contributed by atoms with Crippen molar-refractivity contribution in [3.63, 3.8) is 0 Å². The smallest absolute Gasteiger partial charge is 0.0654 e. The van der Waals surface area contributed by atoms with Crippen molar-refractivity contribution >= 4 is 22.5 Å². The molecule has 3 heterocycles. The monoisotopic (exact) mass is 305 g/mol. The third-order valence-electron chi connectivity index (χ3n) is 4.95. The Morgan fingerprint density at radius 2 is 2.10 bits per heavy atom. The van der Waals surface area contributed by atoms with Gasteiger partial charge in [-0.3, -0.25) is 10.00 Å². The molecular weight excluding hydrogens is 286 g/mol. The van der Waals surface area contributed by atoms with Crippen molar-refractivity contribution in [1.82, 2.24) is 15.1 Å². The Kier molecular flexibility index (Phi) is 3.61. The van der Waals surface area contributed by atoms with Gasteiger partial charge in [-0.1, -0.05) is 11.6 Å². The highest BCUT2D eigenvalue weighted by Crippen LogP contribution is 2.35. The number of fused-ring (bicyclic) bond motifs is 1. The number of benzene rings is 1. The van der Waals surface area contributed by atoms with Gasteiger partial charge in [0.2, 0.25) is 0 Å². The van der Waals surface area contributed by atoms with Crippen molar-refractivity contribution < 1.29 is 4.74 Å². The molecule has 0 spiro atoms. The molecule has 0 radical (unpaired) electrons. The molecular formula is C16H20ClN3O. The Balaban J connectivity index is 1.50. The van der Waals surface area contributed by atoms with E-state index in [0.717, 1.165) is 42.2 Å². The van der Waals surface area contributed by atoms with Crippen molar-refractivity contribution in [2.24, 2.45) is 0 Å². The van der Waals surface area contributed by atoms with Gasteiger partial charge in [0.25, 0.3) is 0 Å². The average molecular weight is 306 g/mol. The standard InChI is InChI=1S/C16H20ClN3O/c17-15-7-12-9-18-19-16(12)8-14(15)11-1-4-20(5-2-11)13-3-6-21-10-13/h7-9,11,13H,1-6,10H2,(H,18,19)/t13-/m1/s1. The zero-order chi connectivity index (χ0) is 14.2. The van der Waals surface area contributed by atoms with Crippen LogP contribution in [0.5, 0.6) is 0 Å². The molecule has 2 saturated heterocycles. The number of hydrogen-bond acceptors (Lipinski definition) is 3. The van der Waals surface area contributed by atoms with Crippen molar-refractivity contribution in [2.75, 3.05) is 26.3 Å². The quantitative estimate of drug-likeness (QED) is 0.926. The highest BCUT2D eigenvalue weighted by molar-refractivity contribution is 6.32. The van der Waals surface area contributed by atoms with Gasteiger partial charge in [-0.2, -0.15) is 5.10 Å². The fraction of sp³-hybridized carbons (Fsp3) is 0.562.